The van der Waals surface area contributed by atoms with E-state index in [2.05, 4.69) is 22.6 Å². The Kier molecular flexibility index (Phi) is 7.06. The maximum Gasteiger partial charge on any atom is 0.185 e. The summed E-state index contributed by atoms with van der Waals surface area (Å²) in [6.45, 7) is 0.527. The molecule has 0 fully saturated rings. The van der Waals surface area contributed by atoms with Gasteiger partial charge in [-0.3, -0.25) is 4.79 Å². The van der Waals surface area contributed by atoms with Gasteiger partial charge in [0.1, 0.15) is 12.4 Å². The topological polar surface area (TPSA) is 29.5 Å². The van der Waals surface area contributed by atoms with Crippen molar-refractivity contribution < 1.29 is 9.53 Å². The molecule has 0 aliphatic heterocycles. The maximum atomic E-state index is 12.2. The Morgan fingerprint density at radius 2 is 1.75 bits per heavy atom. The Bertz CT molecular complexity index is 716. The molecule has 0 saturated carbocycles. The first kappa shape index (κ1) is 18.3. The summed E-state index contributed by atoms with van der Waals surface area (Å²) in [4.78, 5) is 14.3. The molecule has 0 aliphatic rings. The summed E-state index contributed by atoms with van der Waals surface area (Å²) in [6.07, 6.45) is 5.35. The van der Waals surface area contributed by atoms with E-state index in [1.165, 1.54) is 0 Å². The second-order valence-electron chi connectivity index (χ2n) is 5.38. The summed E-state index contributed by atoms with van der Waals surface area (Å²) < 4.78 is 7.42. The monoisotopic (exact) mass is 433 g/mol. The SMILES string of the molecule is CN(C)c1ccc(/C=C/C(=O)c2ccc(OC/C=C/I)cc2)cc1. The van der Waals surface area contributed by atoms with E-state index in [1.807, 2.05) is 71.6 Å². The average Bonchev–Trinajstić information content (AvgIpc) is 2.61. The fraction of sp³-hybridized carbons (Fsp3) is 0.150. The van der Waals surface area contributed by atoms with Crippen LogP contribution in [0, 0.1) is 0 Å². The predicted octanol–water partition coefficient (Wildman–Crippen LogP) is 4.98. The van der Waals surface area contributed by atoms with Gasteiger partial charge in [0.2, 0.25) is 0 Å². The van der Waals surface area contributed by atoms with E-state index in [9.17, 15) is 4.79 Å². The van der Waals surface area contributed by atoms with Gasteiger partial charge in [0, 0.05) is 25.3 Å². The molecule has 0 radical (unpaired) electrons. The summed E-state index contributed by atoms with van der Waals surface area (Å²) in [5.74, 6) is 0.731. The molecule has 0 heterocycles. The molecule has 0 amide bonds. The van der Waals surface area contributed by atoms with Gasteiger partial charge in [0.25, 0.3) is 0 Å². The minimum Gasteiger partial charge on any atom is -0.490 e. The second kappa shape index (κ2) is 9.27. The van der Waals surface area contributed by atoms with E-state index in [-0.39, 0.29) is 5.78 Å². The number of rotatable bonds is 7. The van der Waals surface area contributed by atoms with Crippen molar-refractivity contribution in [2.75, 3.05) is 25.6 Å². The van der Waals surface area contributed by atoms with E-state index in [0.717, 1.165) is 17.0 Å². The van der Waals surface area contributed by atoms with Crippen molar-refractivity contribution in [1.82, 2.24) is 0 Å². The lowest BCUT2D eigenvalue weighted by molar-refractivity contribution is 0.104. The standard InChI is InChI=1S/C20H20INO2/c1-22(2)18-9-4-16(5-10-18)6-13-20(23)17-7-11-19(12-8-17)24-15-3-14-21/h3-14H,15H2,1-2H3/b13-6+,14-3+. The van der Waals surface area contributed by atoms with E-state index in [4.69, 9.17) is 4.74 Å². The molecular weight excluding hydrogens is 413 g/mol. The molecule has 0 saturated heterocycles. The molecule has 24 heavy (non-hydrogen) atoms. The van der Waals surface area contributed by atoms with Crippen LogP contribution < -0.4 is 9.64 Å². The van der Waals surface area contributed by atoms with Crippen LogP contribution in [-0.4, -0.2) is 26.5 Å². The number of carbonyl (C=O) groups excluding carboxylic acids is 1. The zero-order valence-electron chi connectivity index (χ0n) is 13.8. The molecule has 3 nitrogen and oxygen atoms in total. The van der Waals surface area contributed by atoms with Gasteiger partial charge in [-0.2, -0.15) is 0 Å². The van der Waals surface area contributed by atoms with Crippen molar-refractivity contribution in [3.8, 4) is 5.75 Å². The van der Waals surface area contributed by atoms with E-state index >= 15 is 0 Å². The third-order valence-corrected chi connectivity index (χ3v) is 3.92. The first-order valence-electron chi connectivity index (χ1n) is 7.58. The first-order chi connectivity index (χ1) is 11.6. The number of ether oxygens (including phenoxy) is 1. The largest absolute Gasteiger partial charge is 0.490 e. The summed E-state index contributed by atoms with van der Waals surface area (Å²) in [5.41, 5.74) is 2.78. The van der Waals surface area contributed by atoms with Crippen molar-refractivity contribution in [1.29, 1.82) is 0 Å². The molecule has 4 heteroatoms. The number of benzene rings is 2. The Hall–Kier alpha value is -2.08. The van der Waals surface area contributed by atoms with Crippen LogP contribution in [0.5, 0.6) is 5.75 Å². The number of hydrogen-bond donors (Lipinski definition) is 0. The summed E-state index contributed by atoms with van der Waals surface area (Å²) in [7, 11) is 4.00. The Labute approximate surface area is 156 Å². The van der Waals surface area contributed by atoms with Crippen molar-refractivity contribution in [2.45, 2.75) is 0 Å². The van der Waals surface area contributed by atoms with Crippen LogP contribution in [-0.2, 0) is 0 Å². The van der Waals surface area contributed by atoms with Crippen molar-refractivity contribution in [3.63, 3.8) is 0 Å². The van der Waals surface area contributed by atoms with Crippen molar-refractivity contribution >= 4 is 40.1 Å². The Balaban J connectivity index is 1.98. The minimum atomic E-state index is -0.0228. The molecule has 2 aromatic rings. The molecule has 124 valence electrons. The van der Waals surface area contributed by atoms with Gasteiger partial charge in [0.05, 0.1) is 0 Å². The average molecular weight is 433 g/mol. The highest BCUT2D eigenvalue weighted by Crippen LogP contribution is 2.15. The lowest BCUT2D eigenvalue weighted by atomic mass is 10.1. The molecular formula is C20H20INO2. The molecule has 0 unspecified atom stereocenters. The van der Waals surface area contributed by atoms with Gasteiger partial charge in [-0.15, -0.1) is 0 Å². The summed E-state index contributed by atoms with van der Waals surface area (Å²) >= 11 is 2.15. The van der Waals surface area contributed by atoms with Crippen LogP contribution in [0.15, 0.2) is 64.8 Å². The smallest absolute Gasteiger partial charge is 0.185 e. The first-order valence-corrected chi connectivity index (χ1v) is 8.82. The molecule has 0 bridgehead atoms. The van der Waals surface area contributed by atoms with Crippen LogP contribution in [0.3, 0.4) is 0 Å². The molecule has 2 aromatic carbocycles. The third kappa shape index (κ3) is 5.53. The number of nitrogens with zero attached hydrogens (tertiary/aromatic N) is 1. The molecule has 0 spiro atoms. The molecule has 0 atom stereocenters. The molecule has 0 N–H and O–H groups in total. The highest BCUT2D eigenvalue weighted by molar-refractivity contribution is 14.1. The van der Waals surface area contributed by atoms with Crippen LogP contribution in [0.25, 0.3) is 6.08 Å². The van der Waals surface area contributed by atoms with Gasteiger partial charge in [0.15, 0.2) is 5.78 Å². The second-order valence-corrected chi connectivity index (χ2v) is 6.10. The zero-order chi connectivity index (χ0) is 17.4. The van der Waals surface area contributed by atoms with Crippen LogP contribution >= 0.6 is 22.6 Å². The zero-order valence-corrected chi connectivity index (χ0v) is 15.9. The fourth-order valence-electron chi connectivity index (χ4n) is 2.05. The number of anilines is 1. The van der Waals surface area contributed by atoms with Crippen LogP contribution in [0.4, 0.5) is 5.69 Å². The van der Waals surface area contributed by atoms with E-state index in [0.29, 0.717) is 12.2 Å². The number of allylic oxidation sites excluding steroid dienone is 1. The van der Waals surface area contributed by atoms with E-state index < -0.39 is 0 Å². The lowest BCUT2D eigenvalue weighted by Gasteiger charge is -2.11. The van der Waals surface area contributed by atoms with Crippen LogP contribution in [0.2, 0.25) is 0 Å². The summed E-state index contributed by atoms with van der Waals surface area (Å²) in [6, 6.07) is 15.2. The summed E-state index contributed by atoms with van der Waals surface area (Å²) in [5, 5.41) is 0. The van der Waals surface area contributed by atoms with Gasteiger partial charge < -0.3 is 9.64 Å². The van der Waals surface area contributed by atoms with Gasteiger partial charge in [-0.05, 0) is 58.2 Å². The minimum absolute atomic E-state index is 0.0228. The number of ketones is 1. The highest BCUT2D eigenvalue weighted by Gasteiger charge is 2.02. The number of hydrogen-bond acceptors (Lipinski definition) is 3. The van der Waals surface area contributed by atoms with Gasteiger partial charge >= 0.3 is 0 Å². The maximum absolute atomic E-state index is 12.2. The number of halogens is 1. The van der Waals surface area contributed by atoms with Gasteiger partial charge in [-0.25, -0.2) is 0 Å². The Morgan fingerprint density at radius 3 is 2.33 bits per heavy atom. The highest BCUT2D eigenvalue weighted by atomic mass is 127. The van der Waals surface area contributed by atoms with Crippen molar-refractivity contribution in [2.24, 2.45) is 0 Å². The quantitative estimate of drug-likeness (QED) is 0.351. The fourth-order valence-corrected chi connectivity index (χ4v) is 2.26. The van der Waals surface area contributed by atoms with E-state index in [1.54, 1.807) is 18.2 Å². The third-order valence-electron chi connectivity index (χ3n) is 3.41. The Morgan fingerprint density at radius 1 is 1.08 bits per heavy atom. The lowest BCUT2D eigenvalue weighted by Crippen LogP contribution is -2.07. The molecule has 0 aromatic heterocycles. The molecule has 2 rings (SSSR count). The number of carbonyl (C=O) groups is 1. The normalized spacial score (nSPS) is 11.1. The van der Waals surface area contributed by atoms with Gasteiger partial charge in [-0.1, -0.05) is 40.8 Å². The van der Waals surface area contributed by atoms with Crippen molar-refractivity contribution in [3.05, 3.63) is 75.9 Å². The predicted molar refractivity (Wildman–Crippen MR) is 109 cm³/mol. The molecule has 0 aliphatic carbocycles. The van der Waals surface area contributed by atoms with Crippen LogP contribution in [0.1, 0.15) is 15.9 Å².